The lowest BCUT2D eigenvalue weighted by molar-refractivity contribution is 0.198. The van der Waals surface area contributed by atoms with Gasteiger partial charge in [-0.1, -0.05) is 0 Å². The Labute approximate surface area is 111 Å². The van der Waals surface area contributed by atoms with Gasteiger partial charge in [0.1, 0.15) is 10.4 Å². The van der Waals surface area contributed by atoms with Gasteiger partial charge < -0.3 is 14.7 Å². The third kappa shape index (κ3) is 6.00. The Bertz CT molecular complexity index is 334. The van der Waals surface area contributed by atoms with Gasteiger partial charge in [-0.2, -0.15) is 0 Å². The summed E-state index contributed by atoms with van der Waals surface area (Å²) in [7, 11) is 3.87. The summed E-state index contributed by atoms with van der Waals surface area (Å²) >= 11 is 3.25. The molecule has 2 rings (SSSR count). The number of aromatic hydroxyl groups is 1. The highest BCUT2D eigenvalue weighted by Crippen LogP contribution is 2.18. The Kier molecular flexibility index (Phi) is 6.47. The summed E-state index contributed by atoms with van der Waals surface area (Å²) in [4.78, 5) is 6.09. The molecule has 2 heterocycles. The Balaban J connectivity index is 0.000000239. The number of hydrogen-bond acceptors (Lipinski definition) is 4. The van der Waals surface area contributed by atoms with Crippen LogP contribution in [0, 0.1) is 0 Å². The highest BCUT2D eigenvalue weighted by molar-refractivity contribution is 9.10. The predicted octanol–water partition coefficient (Wildman–Crippen LogP) is 2.41. The Morgan fingerprint density at radius 2 is 2.00 bits per heavy atom. The van der Waals surface area contributed by atoms with E-state index in [0.717, 1.165) is 17.8 Å². The lowest BCUT2D eigenvalue weighted by atomic mass is 10.3. The van der Waals surface area contributed by atoms with Gasteiger partial charge in [0.25, 0.3) is 0 Å². The number of nitrogens with zero attached hydrogens (tertiary/aromatic N) is 2. The molecule has 1 aromatic rings. The average molecular weight is 303 g/mol. The van der Waals surface area contributed by atoms with Gasteiger partial charge in [-0.3, -0.25) is 0 Å². The second-order valence-electron chi connectivity index (χ2n) is 4.16. The van der Waals surface area contributed by atoms with Crippen LogP contribution in [0.25, 0.3) is 0 Å². The molecular weight excluding hydrogens is 284 g/mol. The van der Waals surface area contributed by atoms with E-state index in [1.165, 1.54) is 12.8 Å². The van der Waals surface area contributed by atoms with Gasteiger partial charge in [-0.15, -0.1) is 0 Å². The maximum absolute atomic E-state index is 9.37. The first-order valence-electron chi connectivity index (χ1n) is 5.66. The smallest absolute Gasteiger partial charge is 0.138 e. The monoisotopic (exact) mass is 302 g/mol. The van der Waals surface area contributed by atoms with Crippen LogP contribution >= 0.6 is 15.9 Å². The largest absolute Gasteiger partial charge is 0.506 e. The first kappa shape index (κ1) is 14.4. The molecule has 0 amide bonds. The van der Waals surface area contributed by atoms with Gasteiger partial charge in [-0.05, 0) is 55.0 Å². The summed E-state index contributed by atoms with van der Waals surface area (Å²) < 4.78 is 5.69. The number of aromatic nitrogens is 1. The first-order valence-corrected chi connectivity index (χ1v) is 6.46. The lowest BCUT2D eigenvalue weighted by Gasteiger charge is -2.09. The third-order valence-corrected chi connectivity index (χ3v) is 2.65. The van der Waals surface area contributed by atoms with Crippen LogP contribution in [0.2, 0.25) is 0 Å². The standard InChI is InChI=1S/C8H11BrN2O.C4H8O/c1-11(2)5-6-7(12)3-4-8(9)10-6;1-2-4-5-3-1/h3-4,12H,5H2,1-2H3;1-4H2. The zero-order valence-corrected chi connectivity index (χ0v) is 11.9. The van der Waals surface area contributed by atoms with Crippen molar-refractivity contribution in [2.45, 2.75) is 19.4 Å². The number of rotatable bonds is 2. The van der Waals surface area contributed by atoms with Crippen molar-refractivity contribution in [3.05, 3.63) is 22.4 Å². The fraction of sp³-hybridized carbons (Fsp3) is 0.583. The zero-order valence-electron chi connectivity index (χ0n) is 10.3. The highest BCUT2D eigenvalue weighted by Gasteiger charge is 2.03. The number of ether oxygens (including phenoxy) is 1. The molecular formula is C12H19BrN2O2. The van der Waals surface area contributed by atoms with Crippen LogP contribution in [0.5, 0.6) is 5.75 Å². The summed E-state index contributed by atoms with van der Waals surface area (Å²) in [5, 5.41) is 9.37. The molecule has 1 aliphatic heterocycles. The maximum Gasteiger partial charge on any atom is 0.138 e. The number of pyridine rings is 1. The van der Waals surface area contributed by atoms with Crippen molar-refractivity contribution in [1.29, 1.82) is 0 Å². The fourth-order valence-electron chi connectivity index (χ4n) is 1.39. The van der Waals surface area contributed by atoms with E-state index >= 15 is 0 Å². The molecule has 1 saturated heterocycles. The van der Waals surface area contributed by atoms with E-state index in [0.29, 0.717) is 12.2 Å². The minimum Gasteiger partial charge on any atom is -0.506 e. The van der Waals surface area contributed by atoms with E-state index in [2.05, 4.69) is 20.9 Å². The number of halogens is 1. The average Bonchev–Trinajstić information content (AvgIpc) is 2.81. The molecule has 96 valence electrons. The van der Waals surface area contributed by atoms with Crippen LogP contribution in [-0.4, -0.2) is 42.3 Å². The molecule has 5 heteroatoms. The van der Waals surface area contributed by atoms with Gasteiger partial charge in [-0.25, -0.2) is 4.98 Å². The van der Waals surface area contributed by atoms with E-state index < -0.39 is 0 Å². The van der Waals surface area contributed by atoms with E-state index in [-0.39, 0.29) is 5.75 Å². The molecule has 1 aromatic heterocycles. The fourth-order valence-corrected chi connectivity index (χ4v) is 1.74. The quantitative estimate of drug-likeness (QED) is 0.852. The molecule has 0 saturated carbocycles. The summed E-state index contributed by atoms with van der Waals surface area (Å²) in [6.45, 7) is 2.64. The molecule has 1 N–H and O–H groups in total. The van der Waals surface area contributed by atoms with Gasteiger partial charge >= 0.3 is 0 Å². The van der Waals surface area contributed by atoms with E-state index in [4.69, 9.17) is 4.74 Å². The summed E-state index contributed by atoms with van der Waals surface area (Å²) in [6.07, 6.45) is 2.56. The highest BCUT2D eigenvalue weighted by atomic mass is 79.9. The second-order valence-corrected chi connectivity index (χ2v) is 4.97. The summed E-state index contributed by atoms with van der Waals surface area (Å²) in [6, 6.07) is 3.35. The predicted molar refractivity (Wildman–Crippen MR) is 71.0 cm³/mol. The molecule has 1 fully saturated rings. The minimum absolute atomic E-state index is 0.243. The van der Waals surface area contributed by atoms with Crippen molar-refractivity contribution >= 4 is 15.9 Å². The molecule has 0 atom stereocenters. The molecule has 0 aromatic carbocycles. The van der Waals surface area contributed by atoms with Crippen LogP contribution in [0.15, 0.2) is 16.7 Å². The maximum atomic E-state index is 9.37. The van der Waals surface area contributed by atoms with Gasteiger partial charge in [0.15, 0.2) is 0 Å². The van der Waals surface area contributed by atoms with Crippen molar-refractivity contribution in [3.8, 4) is 5.75 Å². The second kappa shape index (κ2) is 7.63. The Morgan fingerprint density at radius 1 is 1.35 bits per heavy atom. The molecule has 17 heavy (non-hydrogen) atoms. The van der Waals surface area contributed by atoms with Gasteiger partial charge in [0, 0.05) is 19.8 Å². The first-order chi connectivity index (χ1) is 8.09. The molecule has 0 unspecified atom stereocenters. The minimum atomic E-state index is 0.243. The van der Waals surface area contributed by atoms with Crippen LogP contribution in [0.3, 0.4) is 0 Å². The van der Waals surface area contributed by atoms with Crippen molar-refractivity contribution < 1.29 is 9.84 Å². The van der Waals surface area contributed by atoms with Crippen LogP contribution in [0.1, 0.15) is 18.5 Å². The zero-order chi connectivity index (χ0) is 12.7. The molecule has 1 aliphatic rings. The van der Waals surface area contributed by atoms with Gasteiger partial charge in [0.2, 0.25) is 0 Å². The van der Waals surface area contributed by atoms with Crippen molar-refractivity contribution in [2.24, 2.45) is 0 Å². The van der Waals surface area contributed by atoms with E-state index in [9.17, 15) is 5.11 Å². The normalized spacial score (nSPS) is 14.6. The van der Waals surface area contributed by atoms with Crippen LogP contribution in [0.4, 0.5) is 0 Å². The SMILES string of the molecule is C1CCOC1.CN(C)Cc1nc(Br)ccc1O. The summed E-state index contributed by atoms with van der Waals surface area (Å²) in [5.74, 6) is 0.243. The molecule has 0 radical (unpaired) electrons. The molecule has 0 spiro atoms. The van der Waals surface area contributed by atoms with E-state index in [1.54, 1.807) is 12.1 Å². The number of hydrogen-bond donors (Lipinski definition) is 1. The Hall–Kier alpha value is -0.650. The van der Waals surface area contributed by atoms with Crippen molar-refractivity contribution in [3.63, 3.8) is 0 Å². The van der Waals surface area contributed by atoms with E-state index in [1.807, 2.05) is 19.0 Å². The molecule has 0 bridgehead atoms. The van der Waals surface area contributed by atoms with Crippen molar-refractivity contribution in [1.82, 2.24) is 9.88 Å². The van der Waals surface area contributed by atoms with Crippen LogP contribution in [-0.2, 0) is 11.3 Å². The topological polar surface area (TPSA) is 45.6 Å². The Morgan fingerprint density at radius 3 is 2.47 bits per heavy atom. The summed E-state index contributed by atoms with van der Waals surface area (Å²) in [5.41, 5.74) is 0.689. The van der Waals surface area contributed by atoms with Crippen molar-refractivity contribution in [2.75, 3.05) is 27.3 Å². The lowest BCUT2D eigenvalue weighted by Crippen LogP contribution is -2.12. The molecule has 0 aliphatic carbocycles. The molecule has 4 nitrogen and oxygen atoms in total. The third-order valence-electron chi connectivity index (χ3n) is 2.21. The van der Waals surface area contributed by atoms with Crippen LogP contribution < -0.4 is 0 Å². The van der Waals surface area contributed by atoms with Gasteiger partial charge in [0.05, 0.1) is 5.69 Å².